The fraction of sp³-hybridized carbons (Fsp3) is 0.300. The van der Waals surface area contributed by atoms with E-state index in [1.807, 2.05) is 0 Å². The highest BCUT2D eigenvalue weighted by Gasteiger charge is 2.33. The highest BCUT2D eigenvalue weighted by molar-refractivity contribution is 5.89. The van der Waals surface area contributed by atoms with Crippen LogP contribution < -0.4 is 0 Å². The minimum Gasteiger partial charge on any atom is -0.478 e. The second-order valence-corrected chi connectivity index (χ2v) is 3.15. The molecule has 0 heterocycles. The van der Waals surface area contributed by atoms with Gasteiger partial charge in [-0.1, -0.05) is 18.2 Å². The van der Waals surface area contributed by atoms with Crippen molar-refractivity contribution in [1.29, 1.82) is 0 Å². The van der Waals surface area contributed by atoms with Gasteiger partial charge in [-0.15, -0.1) is 0 Å². The molecule has 2 N–H and O–H groups in total. The van der Waals surface area contributed by atoms with Gasteiger partial charge in [-0.2, -0.15) is 0 Å². The first-order valence-electron chi connectivity index (χ1n) is 4.22. The van der Waals surface area contributed by atoms with Gasteiger partial charge in [0.1, 0.15) is 19.0 Å². The van der Waals surface area contributed by atoms with Gasteiger partial charge in [0, 0.05) is 5.56 Å². The van der Waals surface area contributed by atoms with Gasteiger partial charge in [0.15, 0.2) is 0 Å². The standard InChI is InChI=1S/C10H10F2O3/c11-5-10(15,6-12)8-4-2-1-3-7(8)9(13)14/h1-4,15H,5-6H2,(H,13,14). The van der Waals surface area contributed by atoms with Gasteiger partial charge in [-0.05, 0) is 6.07 Å². The number of carbonyl (C=O) groups is 1. The van der Waals surface area contributed by atoms with Crippen LogP contribution in [0, 0.1) is 0 Å². The molecule has 0 aliphatic carbocycles. The van der Waals surface area contributed by atoms with Gasteiger partial charge in [-0.25, -0.2) is 13.6 Å². The molecule has 0 atom stereocenters. The van der Waals surface area contributed by atoms with Crippen molar-refractivity contribution in [2.24, 2.45) is 0 Å². The molecule has 5 heteroatoms. The molecule has 3 nitrogen and oxygen atoms in total. The first-order valence-corrected chi connectivity index (χ1v) is 4.22. The van der Waals surface area contributed by atoms with Crippen molar-refractivity contribution in [1.82, 2.24) is 0 Å². The maximum Gasteiger partial charge on any atom is 0.336 e. The summed E-state index contributed by atoms with van der Waals surface area (Å²) in [7, 11) is 0. The normalized spacial score (nSPS) is 11.4. The summed E-state index contributed by atoms with van der Waals surface area (Å²) in [6, 6.07) is 5.22. The maximum absolute atomic E-state index is 12.5. The Morgan fingerprint density at radius 2 is 1.80 bits per heavy atom. The minimum atomic E-state index is -2.37. The molecule has 0 saturated heterocycles. The summed E-state index contributed by atoms with van der Waals surface area (Å²) in [5.41, 5.74) is -2.91. The Balaban J connectivity index is 3.29. The Morgan fingerprint density at radius 3 is 2.27 bits per heavy atom. The van der Waals surface area contributed by atoms with Crippen molar-refractivity contribution in [2.45, 2.75) is 5.60 Å². The average Bonchev–Trinajstić information content (AvgIpc) is 2.28. The molecule has 0 radical (unpaired) electrons. The van der Waals surface area contributed by atoms with Crippen LogP contribution in [-0.4, -0.2) is 29.5 Å². The maximum atomic E-state index is 12.5. The van der Waals surface area contributed by atoms with E-state index in [1.54, 1.807) is 0 Å². The van der Waals surface area contributed by atoms with Crippen LogP contribution in [-0.2, 0) is 5.60 Å². The van der Waals surface area contributed by atoms with E-state index < -0.39 is 24.9 Å². The lowest BCUT2D eigenvalue weighted by atomic mass is 9.92. The van der Waals surface area contributed by atoms with E-state index in [2.05, 4.69) is 0 Å². The van der Waals surface area contributed by atoms with Crippen molar-refractivity contribution in [3.8, 4) is 0 Å². The lowest BCUT2D eigenvalue weighted by molar-refractivity contribution is -0.0121. The van der Waals surface area contributed by atoms with E-state index in [9.17, 15) is 18.7 Å². The highest BCUT2D eigenvalue weighted by atomic mass is 19.1. The third-order valence-corrected chi connectivity index (χ3v) is 2.10. The van der Waals surface area contributed by atoms with Crippen molar-refractivity contribution < 1.29 is 23.8 Å². The zero-order valence-electron chi connectivity index (χ0n) is 7.78. The molecule has 0 bridgehead atoms. The van der Waals surface area contributed by atoms with Crippen LogP contribution in [0.5, 0.6) is 0 Å². The Kier molecular flexibility index (Phi) is 3.36. The summed E-state index contributed by atoms with van der Waals surface area (Å²) < 4.78 is 25.0. The SMILES string of the molecule is O=C(O)c1ccccc1C(O)(CF)CF. The molecule has 1 aromatic carbocycles. The van der Waals surface area contributed by atoms with E-state index >= 15 is 0 Å². The summed E-state index contributed by atoms with van der Waals surface area (Å²) in [5, 5.41) is 18.3. The number of hydrogen-bond acceptors (Lipinski definition) is 2. The van der Waals surface area contributed by atoms with Crippen LogP contribution >= 0.6 is 0 Å². The number of aromatic carboxylic acids is 1. The van der Waals surface area contributed by atoms with Crippen LogP contribution in [0.4, 0.5) is 8.78 Å². The quantitative estimate of drug-likeness (QED) is 0.802. The summed E-state index contributed by atoms with van der Waals surface area (Å²) in [4.78, 5) is 10.7. The second kappa shape index (κ2) is 4.35. The average molecular weight is 216 g/mol. The lowest BCUT2D eigenvalue weighted by Crippen LogP contribution is -2.32. The van der Waals surface area contributed by atoms with Crippen LogP contribution in [0.15, 0.2) is 24.3 Å². The summed E-state index contributed by atoms with van der Waals surface area (Å²) in [6.45, 7) is -2.73. The smallest absolute Gasteiger partial charge is 0.336 e. The van der Waals surface area contributed by atoms with Crippen molar-refractivity contribution in [3.63, 3.8) is 0 Å². The molecule has 0 aromatic heterocycles. The fourth-order valence-electron chi connectivity index (χ4n) is 1.26. The predicted molar refractivity (Wildman–Crippen MR) is 49.2 cm³/mol. The Bertz CT molecular complexity index is 361. The molecule has 0 saturated carbocycles. The zero-order valence-corrected chi connectivity index (χ0v) is 7.78. The molecule has 0 aliphatic rings. The van der Waals surface area contributed by atoms with E-state index in [1.165, 1.54) is 24.3 Å². The van der Waals surface area contributed by atoms with Gasteiger partial charge in [0.25, 0.3) is 0 Å². The van der Waals surface area contributed by atoms with Crippen molar-refractivity contribution >= 4 is 5.97 Å². The van der Waals surface area contributed by atoms with Gasteiger partial charge in [0.2, 0.25) is 0 Å². The van der Waals surface area contributed by atoms with Crippen LogP contribution in [0.3, 0.4) is 0 Å². The largest absolute Gasteiger partial charge is 0.478 e. The Hall–Kier alpha value is -1.49. The fourth-order valence-corrected chi connectivity index (χ4v) is 1.26. The first kappa shape index (κ1) is 11.6. The predicted octanol–water partition coefficient (Wildman–Crippen LogP) is 1.51. The monoisotopic (exact) mass is 216 g/mol. The number of hydrogen-bond donors (Lipinski definition) is 2. The van der Waals surface area contributed by atoms with Crippen LogP contribution in [0.25, 0.3) is 0 Å². The van der Waals surface area contributed by atoms with E-state index in [0.29, 0.717) is 0 Å². The van der Waals surface area contributed by atoms with E-state index in [0.717, 1.165) is 0 Å². The molecule has 0 spiro atoms. The minimum absolute atomic E-state index is 0.248. The highest BCUT2D eigenvalue weighted by Crippen LogP contribution is 2.26. The molecule has 82 valence electrons. The number of alkyl halides is 2. The topological polar surface area (TPSA) is 57.5 Å². The molecule has 0 unspecified atom stereocenters. The number of rotatable bonds is 4. The zero-order chi connectivity index (χ0) is 11.5. The number of carboxylic acids is 1. The molecule has 1 aromatic rings. The van der Waals surface area contributed by atoms with Gasteiger partial charge < -0.3 is 10.2 Å². The molecule has 15 heavy (non-hydrogen) atoms. The summed E-state index contributed by atoms with van der Waals surface area (Å²) >= 11 is 0. The molecular formula is C10H10F2O3. The van der Waals surface area contributed by atoms with Crippen molar-refractivity contribution in [3.05, 3.63) is 35.4 Å². The van der Waals surface area contributed by atoms with E-state index in [4.69, 9.17) is 5.11 Å². The summed E-state index contributed by atoms with van der Waals surface area (Å²) in [6.07, 6.45) is 0. The third kappa shape index (κ3) is 2.12. The number of benzene rings is 1. The van der Waals surface area contributed by atoms with Gasteiger partial charge in [0.05, 0.1) is 5.56 Å². The first-order chi connectivity index (χ1) is 7.05. The second-order valence-electron chi connectivity index (χ2n) is 3.15. The van der Waals surface area contributed by atoms with Crippen molar-refractivity contribution in [2.75, 3.05) is 13.3 Å². The van der Waals surface area contributed by atoms with Gasteiger partial charge in [-0.3, -0.25) is 0 Å². The third-order valence-electron chi connectivity index (χ3n) is 2.10. The molecule has 0 fully saturated rings. The number of aliphatic hydroxyl groups is 1. The van der Waals surface area contributed by atoms with Gasteiger partial charge >= 0.3 is 5.97 Å². The van der Waals surface area contributed by atoms with E-state index in [-0.39, 0.29) is 11.1 Å². The van der Waals surface area contributed by atoms with Crippen LogP contribution in [0.1, 0.15) is 15.9 Å². The lowest BCUT2D eigenvalue weighted by Gasteiger charge is -2.23. The Morgan fingerprint density at radius 1 is 1.27 bits per heavy atom. The number of carboxylic acid groups (broad SMARTS) is 1. The van der Waals surface area contributed by atoms with Crippen LogP contribution in [0.2, 0.25) is 0 Å². The number of halogens is 2. The molecule has 0 amide bonds. The molecular weight excluding hydrogens is 206 g/mol. The molecule has 0 aliphatic heterocycles. The summed E-state index contributed by atoms with van der Waals surface area (Å²) in [5.74, 6) is -1.33. The molecule has 1 rings (SSSR count). The Labute approximate surface area is 85.0 Å².